The van der Waals surface area contributed by atoms with Gasteiger partial charge < -0.3 is 15.1 Å². The van der Waals surface area contributed by atoms with Crippen LogP contribution < -0.4 is 5.32 Å². The Kier molecular flexibility index (Phi) is 6.86. The average molecular weight is 273 g/mol. The second-order valence-corrected chi connectivity index (χ2v) is 6.50. The van der Waals surface area contributed by atoms with Crippen LogP contribution in [0.25, 0.3) is 0 Å². The van der Waals surface area contributed by atoms with Crippen LogP contribution >= 0.6 is 11.8 Å². The van der Waals surface area contributed by atoms with Crippen LogP contribution in [0.1, 0.15) is 26.2 Å². The molecule has 2 amide bonds. The van der Waals surface area contributed by atoms with Crippen LogP contribution in [0.3, 0.4) is 0 Å². The van der Waals surface area contributed by atoms with Gasteiger partial charge in [0, 0.05) is 38.5 Å². The molecule has 1 aliphatic rings. The molecular weight excluding hydrogens is 246 g/mol. The number of rotatable bonds is 5. The Hall–Kier alpha value is -0.420. The number of urea groups is 1. The second kappa shape index (κ2) is 7.89. The van der Waals surface area contributed by atoms with Crippen LogP contribution in [0.15, 0.2) is 0 Å². The molecular formula is C13H27N3OS. The fourth-order valence-corrected chi connectivity index (χ4v) is 2.52. The fraction of sp³-hybridized carbons (Fsp3) is 0.923. The molecule has 0 aliphatic carbocycles. The maximum absolute atomic E-state index is 11.8. The molecule has 0 aromatic carbocycles. The lowest BCUT2D eigenvalue weighted by Crippen LogP contribution is -2.48. The van der Waals surface area contributed by atoms with E-state index in [-0.39, 0.29) is 6.03 Å². The van der Waals surface area contributed by atoms with E-state index in [1.54, 1.807) is 4.90 Å². The van der Waals surface area contributed by atoms with E-state index in [0.717, 1.165) is 37.7 Å². The number of carbonyl (C=O) groups is 1. The Morgan fingerprint density at radius 3 is 2.56 bits per heavy atom. The van der Waals surface area contributed by atoms with Gasteiger partial charge in [-0.3, -0.25) is 0 Å². The van der Waals surface area contributed by atoms with Crippen LogP contribution in [0.5, 0.6) is 0 Å². The van der Waals surface area contributed by atoms with Crippen molar-refractivity contribution >= 4 is 17.8 Å². The van der Waals surface area contributed by atoms with Gasteiger partial charge >= 0.3 is 6.03 Å². The van der Waals surface area contributed by atoms with Gasteiger partial charge in [0.15, 0.2) is 0 Å². The number of piperidine rings is 1. The lowest BCUT2D eigenvalue weighted by Gasteiger charge is -2.34. The van der Waals surface area contributed by atoms with Gasteiger partial charge in [0.2, 0.25) is 0 Å². The highest BCUT2D eigenvalue weighted by Crippen LogP contribution is 2.13. The molecule has 4 nitrogen and oxygen atoms in total. The molecule has 0 spiro atoms. The maximum Gasteiger partial charge on any atom is 0.319 e. The molecule has 0 aromatic heterocycles. The van der Waals surface area contributed by atoms with Crippen molar-refractivity contribution in [2.24, 2.45) is 0 Å². The van der Waals surface area contributed by atoms with E-state index in [2.05, 4.69) is 18.5 Å². The van der Waals surface area contributed by atoms with Gasteiger partial charge in [-0.2, -0.15) is 11.8 Å². The van der Waals surface area contributed by atoms with E-state index in [1.165, 1.54) is 6.42 Å². The summed E-state index contributed by atoms with van der Waals surface area (Å²) in [6, 6.07) is 0.731. The Morgan fingerprint density at radius 2 is 2.06 bits per heavy atom. The van der Waals surface area contributed by atoms with E-state index >= 15 is 0 Å². The summed E-state index contributed by atoms with van der Waals surface area (Å²) in [6.07, 6.45) is 5.54. The first-order valence-electron chi connectivity index (χ1n) is 6.77. The van der Waals surface area contributed by atoms with Gasteiger partial charge in [-0.15, -0.1) is 0 Å². The number of hydrogen-bond acceptors (Lipinski definition) is 3. The largest absolute Gasteiger partial charge is 0.331 e. The summed E-state index contributed by atoms with van der Waals surface area (Å²) in [5.74, 6) is 0. The molecule has 0 radical (unpaired) electrons. The lowest BCUT2D eigenvalue weighted by atomic mass is 10.1. The van der Waals surface area contributed by atoms with Crippen LogP contribution in [0, 0.1) is 0 Å². The predicted octanol–water partition coefficient (Wildman–Crippen LogP) is 1.86. The van der Waals surface area contributed by atoms with Crippen molar-refractivity contribution in [3.05, 3.63) is 0 Å². The van der Waals surface area contributed by atoms with Crippen LogP contribution in [0.2, 0.25) is 0 Å². The quantitative estimate of drug-likeness (QED) is 0.830. The first kappa shape index (κ1) is 15.6. The van der Waals surface area contributed by atoms with Crippen molar-refractivity contribution < 1.29 is 4.79 Å². The summed E-state index contributed by atoms with van der Waals surface area (Å²) < 4.78 is 0. The summed E-state index contributed by atoms with van der Waals surface area (Å²) in [7, 11) is 3.63. The van der Waals surface area contributed by atoms with Gasteiger partial charge in [-0.25, -0.2) is 4.79 Å². The zero-order valence-electron chi connectivity index (χ0n) is 12.1. The second-order valence-electron chi connectivity index (χ2n) is 5.23. The van der Waals surface area contributed by atoms with Crippen molar-refractivity contribution in [2.75, 3.05) is 40.0 Å². The molecule has 1 saturated heterocycles. The van der Waals surface area contributed by atoms with Gasteiger partial charge in [-0.1, -0.05) is 6.92 Å². The highest BCUT2D eigenvalue weighted by Gasteiger charge is 2.23. The number of hydrogen-bond donors (Lipinski definition) is 1. The highest BCUT2D eigenvalue weighted by molar-refractivity contribution is 7.99. The normalized spacial score (nSPS) is 18.8. The average Bonchev–Trinajstić information content (AvgIpc) is 2.38. The zero-order valence-corrected chi connectivity index (χ0v) is 12.9. The number of nitrogens with zero attached hydrogens (tertiary/aromatic N) is 2. The smallest absolute Gasteiger partial charge is 0.319 e. The molecule has 0 saturated carbocycles. The molecule has 1 atom stereocenters. The summed E-state index contributed by atoms with van der Waals surface area (Å²) in [4.78, 5) is 15.4. The van der Waals surface area contributed by atoms with Gasteiger partial charge in [0.25, 0.3) is 0 Å². The first-order valence-corrected chi connectivity index (χ1v) is 8.05. The Morgan fingerprint density at radius 1 is 1.44 bits per heavy atom. The standard InChI is InChI=1S/C13H27N3OS/c1-11(18-4)5-8-14-12-6-9-16(10-7-12)13(17)15(2)3/h11-12,14H,5-10H2,1-4H3. The van der Waals surface area contributed by atoms with Crippen LogP contribution in [-0.2, 0) is 0 Å². The van der Waals surface area contributed by atoms with Crippen molar-refractivity contribution in [2.45, 2.75) is 37.5 Å². The summed E-state index contributed by atoms with van der Waals surface area (Å²) in [6.45, 7) is 5.12. The zero-order chi connectivity index (χ0) is 13.5. The number of likely N-dealkylation sites (tertiary alicyclic amines) is 1. The molecule has 1 aliphatic heterocycles. The fourth-order valence-electron chi connectivity index (χ4n) is 2.17. The van der Waals surface area contributed by atoms with E-state index in [1.807, 2.05) is 30.8 Å². The molecule has 1 heterocycles. The van der Waals surface area contributed by atoms with Gasteiger partial charge in [0.05, 0.1) is 0 Å². The highest BCUT2D eigenvalue weighted by atomic mass is 32.2. The van der Waals surface area contributed by atoms with E-state index in [0.29, 0.717) is 6.04 Å². The minimum Gasteiger partial charge on any atom is -0.331 e. The third-order valence-electron chi connectivity index (χ3n) is 3.53. The lowest BCUT2D eigenvalue weighted by molar-refractivity contribution is 0.152. The SMILES string of the molecule is CSC(C)CCNC1CCN(C(=O)N(C)C)CC1. The third-order valence-corrected chi connectivity index (χ3v) is 4.57. The van der Waals surface area contributed by atoms with Crippen molar-refractivity contribution in [1.82, 2.24) is 15.1 Å². The van der Waals surface area contributed by atoms with Crippen molar-refractivity contribution in [3.63, 3.8) is 0 Å². The molecule has 106 valence electrons. The van der Waals surface area contributed by atoms with E-state index < -0.39 is 0 Å². The van der Waals surface area contributed by atoms with E-state index in [4.69, 9.17) is 0 Å². The van der Waals surface area contributed by atoms with Crippen LogP contribution in [0.4, 0.5) is 4.79 Å². The number of amides is 2. The minimum absolute atomic E-state index is 0.143. The summed E-state index contributed by atoms with van der Waals surface area (Å²) in [5, 5.41) is 4.34. The molecule has 0 bridgehead atoms. The van der Waals surface area contributed by atoms with Gasteiger partial charge in [0.1, 0.15) is 0 Å². The van der Waals surface area contributed by atoms with Crippen LogP contribution in [-0.4, -0.2) is 67.1 Å². The predicted molar refractivity (Wildman–Crippen MR) is 79.3 cm³/mol. The molecule has 1 fully saturated rings. The monoisotopic (exact) mass is 273 g/mol. The Labute approximate surface area is 115 Å². The minimum atomic E-state index is 0.143. The first-order chi connectivity index (χ1) is 8.54. The van der Waals surface area contributed by atoms with Crippen molar-refractivity contribution in [3.8, 4) is 0 Å². The molecule has 1 N–H and O–H groups in total. The molecule has 5 heteroatoms. The van der Waals surface area contributed by atoms with E-state index in [9.17, 15) is 4.79 Å². The summed E-state index contributed by atoms with van der Waals surface area (Å²) in [5.41, 5.74) is 0. The Balaban J connectivity index is 2.17. The Bertz CT molecular complexity index is 253. The number of nitrogens with one attached hydrogen (secondary N) is 1. The topological polar surface area (TPSA) is 35.6 Å². The maximum atomic E-state index is 11.8. The number of thioether (sulfide) groups is 1. The summed E-state index contributed by atoms with van der Waals surface area (Å²) >= 11 is 1.92. The molecule has 18 heavy (non-hydrogen) atoms. The van der Waals surface area contributed by atoms with Crippen molar-refractivity contribution in [1.29, 1.82) is 0 Å². The molecule has 0 aromatic rings. The third kappa shape index (κ3) is 5.06. The number of carbonyl (C=O) groups excluding carboxylic acids is 1. The molecule has 1 unspecified atom stereocenters. The van der Waals surface area contributed by atoms with Gasteiger partial charge in [-0.05, 0) is 32.1 Å². The molecule has 1 rings (SSSR count).